The molecule has 0 spiro atoms. The third-order valence-electron chi connectivity index (χ3n) is 2.08. The molecule has 0 bridgehead atoms. The van der Waals surface area contributed by atoms with E-state index < -0.39 is 12.0 Å². The third kappa shape index (κ3) is 5.57. The summed E-state index contributed by atoms with van der Waals surface area (Å²) in [4.78, 5) is 23.3. The molecular formula is C11H20N6O2S. The van der Waals surface area contributed by atoms with Crippen molar-refractivity contribution in [3.8, 4) is 0 Å². The van der Waals surface area contributed by atoms with Crippen LogP contribution in [0.4, 0.5) is 11.9 Å². The maximum absolute atomic E-state index is 10.7. The van der Waals surface area contributed by atoms with E-state index in [0.29, 0.717) is 23.6 Å². The Kier molecular flexibility index (Phi) is 6.46. The zero-order valence-corrected chi connectivity index (χ0v) is 12.6. The summed E-state index contributed by atoms with van der Waals surface area (Å²) in [5, 5.41) is 15.3. The Hall–Kier alpha value is -1.61. The van der Waals surface area contributed by atoms with E-state index in [0.717, 1.165) is 0 Å². The van der Waals surface area contributed by atoms with Crippen molar-refractivity contribution >= 4 is 29.6 Å². The molecule has 0 aliphatic rings. The summed E-state index contributed by atoms with van der Waals surface area (Å²) in [5.74, 6) is 0.0693. The van der Waals surface area contributed by atoms with Gasteiger partial charge < -0.3 is 21.5 Å². The molecule has 112 valence electrons. The molecule has 5 N–H and O–H groups in total. The number of thioether (sulfide) groups is 1. The molecule has 0 aliphatic carbocycles. The van der Waals surface area contributed by atoms with Crippen LogP contribution in [0, 0.1) is 0 Å². The van der Waals surface area contributed by atoms with Crippen molar-refractivity contribution in [3.05, 3.63) is 0 Å². The molecule has 0 saturated carbocycles. The molecule has 1 atom stereocenters. The number of hydrogen-bond acceptors (Lipinski definition) is 8. The van der Waals surface area contributed by atoms with Gasteiger partial charge in [0.25, 0.3) is 0 Å². The Bertz CT molecular complexity index is 457. The molecule has 1 aromatic rings. The molecule has 1 heterocycles. The number of rotatable bonds is 8. The second-order valence-corrected chi connectivity index (χ2v) is 5.34. The van der Waals surface area contributed by atoms with Crippen LogP contribution in [0.5, 0.6) is 0 Å². The molecule has 8 nitrogen and oxygen atoms in total. The minimum atomic E-state index is -1.04. The third-order valence-corrected chi connectivity index (χ3v) is 3.04. The average Bonchev–Trinajstić information content (AvgIpc) is 2.35. The lowest BCUT2D eigenvalue weighted by molar-refractivity contribution is -0.137. The predicted molar refractivity (Wildman–Crippen MR) is 79.1 cm³/mol. The van der Waals surface area contributed by atoms with Gasteiger partial charge in [0.05, 0.1) is 0 Å². The Balaban J connectivity index is 2.82. The second kappa shape index (κ2) is 7.85. The van der Waals surface area contributed by atoms with Crippen LogP contribution in [0.3, 0.4) is 0 Å². The maximum atomic E-state index is 10.7. The fourth-order valence-electron chi connectivity index (χ4n) is 1.22. The van der Waals surface area contributed by atoms with Gasteiger partial charge in [0.2, 0.25) is 11.9 Å². The first-order valence-corrected chi connectivity index (χ1v) is 7.28. The summed E-state index contributed by atoms with van der Waals surface area (Å²) in [6, 6.07) is -0.758. The quantitative estimate of drug-likeness (QED) is 0.511. The van der Waals surface area contributed by atoms with Crippen molar-refractivity contribution in [1.82, 2.24) is 15.0 Å². The molecular weight excluding hydrogens is 280 g/mol. The normalized spacial score (nSPS) is 12.2. The summed E-state index contributed by atoms with van der Waals surface area (Å²) in [5.41, 5.74) is 5.46. The summed E-state index contributed by atoms with van der Waals surface area (Å²) in [6.07, 6.45) is 0. The number of nitrogens with zero attached hydrogens (tertiary/aromatic N) is 3. The van der Waals surface area contributed by atoms with Gasteiger partial charge in [-0.1, -0.05) is 11.8 Å². The number of carboxylic acids is 1. The Morgan fingerprint density at radius 3 is 2.55 bits per heavy atom. The molecule has 0 unspecified atom stereocenters. The number of aromatic nitrogens is 3. The maximum Gasteiger partial charge on any atom is 0.321 e. The first kappa shape index (κ1) is 16.4. The molecule has 1 rings (SSSR count). The van der Waals surface area contributed by atoms with Gasteiger partial charge in [-0.25, -0.2) is 0 Å². The molecule has 0 amide bonds. The summed E-state index contributed by atoms with van der Waals surface area (Å²) >= 11 is 1.19. The van der Waals surface area contributed by atoms with Gasteiger partial charge in [0.15, 0.2) is 5.16 Å². The summed E-state index contributed by atoms with van der Waals surface area (Å²) < 4.78 is 0. The Morgan fingerprint density at radius 1 is 1.35 bits per heavy atom. The van der Waals surface area contributed by atoms with Crippen molar-refractivity contribution in [3.63, 3.8) is 0 Å². The molecule has 0 fully saturated rings. The molecule has 0 aromatic carbocycles. The molecule has 9 heteroatoms. The van der Waals surface area contributed by atoms with Gasteiger partial charge in [0, 0.05) is 18.3 Å². The lowest BCUT2D eigenvalue weighted by Gasteiger charge is -2.11. The highest BCUT2D eigenvalue weighted by Gasteiger charge is 2.14. The SMILES string of the molecule is CCNc1nc(NC(C)C)nc(SC[C@H](N)C(=O)O)n1. The van der Waals surface area contributed by atoms with E-state index in [9.17, 15) is 4.79 Å². The first-order valence-electron chi connectivity index (χ1n) is 6.30. The fourth-order valence-corrected chi connectivity index (χ4v) is 1.99. The van der Waals surface area contributed by atoms with E-state index in [1.165, 1.54) is 11.8 Å². The van der Waals surface area contributed by atoms with Gasteiger partial charge in [-0.15, -0.1) is 0 Å². The van der Waals surface area contributed by atoms with Gasteiger partial charge >= 0.3 is 5.97 Å². The van der Waals surface area contributed by atoms with Gasteiger partial charge in [-0.3, -0.25) is 4.79 Å². The molecule has 0 saturated heterocycles. The van der Waals surface area contributed by atoms with E-state index in [2.05, 4.69) is 25.6 Å². The van der Waals surface area contributed by atoms with Crippen LogP contribution in [0.1, 0.15) is 20.8 Å². The standard InChI is InChI=1S/C11H20N6O2S/c1-4-13-9-15-10(14-6(2)3)17-11(16-9)20-5-7(12)8(18)19/h6-7H,4-5,12H2,1-3H3,(H,18,19)(H2,13,14,15,16,17)/t7-/m0/s1. The van der Waals surface area contributed by atoms with E-state index in [1.807, 2.05) is 20.8 Å². The number of carbonyl (C=O) groups is 1. The molecule has 1 aromatic heterocycles. The number of nitrogens with two attached hydrogens (primary N) is 1. The number of nitrogens with one attached hydrogen (secondary N) is 2. The number of anilines is 2. The van der Waals surface area contributed by atoms with E-state index in [-0.39, 0.29) is 11.8 Å². The van der Waals surface area contributed by atoms with Gasteiger partial charge in [-0.05, 0) is 20.8 Å². The summed E-state index contributed by atoms with van der Waals surface area (Å²) in [6.45, 7) is 6.57. The zero-order valence-electron chi connectivity index (χ0n) is 11.8. The highest BCUT2D eigenvalue weighted by atomic mass is 32.2. The van der Waals surface area contributed by atoms with Crippen molar-refractivity contribution in [2.45, 2.75) is 38.0 Å². The van der Waals surface area contributed by atoms with Crippen molar-refractivity contribution in [2.75, 3.05) is 22.9 Å². The minimum Gasteiger partial charge on any atom is -0.480 e. The van der Waals surface area contributed by atoms with Crippen LogP contribution in [0.25, 0.3) is 0 Å². The fraction of sp³-hybridized carbons (Fsp3) is 0.636. The Labute approximate surface area is 122 Å². The Morgan fingerprint density at radius 2 is 2.00 bits per heavy atom. The average molecular weight is 300 g/mol. The van der Waals surface area contributed by atoms with Crippen LogP contribution >= 0.6 is 11.8 Å². The molecule has 20 heavy (non-hydrogen) atoms. The van der Waals surface area contributed by atoms with Crippen molar-refractivity contribution in [2.24, 2.45) is 5.73 Å². The van der Waals surface area contributed by atoms with Crippen LogP contribution < -0.4 is 16.4 Å². The first-order chi connectivity index (χ1) is 9.42. The van der Waals surface area contributed by atoms with E-state index >= 15 is 0 Å². The zero-order chi connectivity index (χ0) is 15.1. The van der Waals surface area contributed by atoms with E-state index in [1.54, 1.807) is 0 Å². The van der Waals surface area contributed by atoms with Crippen molar-refractivity contribution < 1.29 is 9.90 Å². The largest absolute Gasteiger partial charge is 0.480 e. The van der Waals surface area contributed by atoms with Crippen LogP contribution in [0.15, 0.2) is 5.16 Å². The topological polar surface area (TPSA) is 126 Å². The predicted octanol–water partition coefficient (Wildman–Crippen LogP) is 0.628. The number of carboxylic acid groups (broad SMARTS) is 1. The number of hydrogen-bond donors (Lipinski definition) is 4. The molecule has 0 radical (unpaired) electrons. The van der Waals surface area contributed by atoms with E-state index in [4.69, 9.17) is 10.8 Å². The molecule has 0 aliphatic heterocycles. The van der Waals surface area contributed by atoms with Crippen LogP contribution in [-0.4, -0.2) is 50.4 Å². The van der Waals surface area contributed by atoms with Crippen LogP contribution in [-0.2, 0) is 4.79 Å². The van der Waals surface area contributed by atoms with Crippen LogP contribution in [0.2, 0.25) is 0 Å². The summed E-state index contributed by atoms with van der Waals surface area (Å²) in [7, 11) is 0. The highest BCUT2D eigenvalue weighted by molar-refractivity contribution is 7.99. The second-order valence-electron chi connectivity index (χ2n) is 4.35. The highest BCUT2D eigenvalue weighted by Crippen LogP contribution is 2.17. The number of aliphatic carboxylic acids is 1. The van der Waals surface area contributed by atoms with Crippen molar-refractivity contribution in [1.29, 1.82) is 0 Å². The van der Waals surface area contributed by atoms with Gasteiger partial charge in [0.1, 0.15) is 6.04 Å². The lowest BCUT2D eigenvalue weighted by Crippen LogP contribution is -2.32. The lowest BCUT2D eigenvalue weighted by atomic mass is 10.4. The minimum absolute atomic E-state index is 0.186. The smallest absolute Gasteiger partial charge is 0.321 e. The van der Waals surface area contributed by atoms with Gasteiger partial charge in [-0.2, -0.15) is 15.0 Å². The monoisotopic (exact) mass is 300 g/mol.